The molecule has 1 aliphatic heterocycles. The van der Waals surface area contributed by atoms with E-state index in [4.69, 9.17) is 5.10 Å². The zero-order valence-electron chi connectivity index (χ0n) is 22.0. The SMILES string of the molecule is Cc1ccc(-n2nc(C3CCN(C4CCC(C(F)(F)F)CC4)CC3)cc2NCc2cnn3cccnc23)nc1. The quantitative estimate of drug-likeness (QED) is 0.348. The molecule has 6 rings (SSSR count). The molecule has 0 bridgehead atoms. The lowest BCUT2D eigenvalue weighted by molar-refractivity contribution is -0.184. The van der Waals surface area contributed by atoms with E-state index >= 15 is 0 Å². The summed E-state index contributed by atoms with van der Waals surface area (Å²) in [6.45, 7) is 4.32. The zero-order valence-corrected chi connectivity index (χ0v) is 22.0. The summed E-state index contributed by atoms with van der Waals surface area (Å²) in [5, 5.41) is 12.9. The van der Waals surface area contributed by atoms with Crippen LogP contribution in [0.5, 0.6) is 0 Å². The highest BCUT2D eigenvalue weighted by molar-refractivity contribution is 5.50. The summed E-state index contributed by atoms with van der Waals surface area (Å²) in [6.07, 6.45) is 6.87. The highest BCUT2D eigenvalue weighted by Gasteiger charge is 2.42. The molecule has 1 saturated heterocycles. The highest BCUT2D eigenvalue weighted by atomic mass is 19.4. The lowest BCUT2D eigenvalue weighted by Crippen LogP contribution is -2.44. The van der Waals surface area contributed by atoms with Gasteiger partial charge in [-0.1, -0.05) is 6.07 Å². The molecule has 4 aromatic heterocycles. The first-order chi connectivity index (χ1) is 18.8. The lowest BCUT2D eigenvalue weighted by Gasteiger charge is -2.40. The zero-order chi connectivity index (χ0) is 27.0. The van der Waals surface area contributed by atoms with Gasteiger partial charge in [-0.05, 0) is 76.2 Å². The topological polar surface area (TPSA) is 76.2 Å². The molecule has 0 amide bonds. The van der Waals surface area contributed by atoms with Crippen molar-refractivity contribution in [3.63, 3.8) is 0 Å². The van der Waals surface area contributed by atoms with Gasteiger partial charge in [0.1, 0.15) is 5.82 Å². The highest BCUT2D eigenvalue weighted by Crippen LogP contribution is 2.40. The Morgan fingerprint density at radius 1 is 1.00 bits per heavy atom. The van der Waals surface area contributed by atoms with Crippen LogP contribution in [0.4, 0.5) is 19.0 Å². The van der Waals surface area contributed by atoms with Crippen molar-refractivity contribution in [2.75, 3.05) is 18.4 Å². The van der Waals surface area contributed by atoms with E-state index in [2.05, 4.69) is 31.3 Å². The summed E-state index contributed by atoms with van der Waals surface area (Å²) >= 11 is 0. The van der Waals surface area contributed by atoms with Gasteiger partial charge >= 0.3 is 6.18 Å². The van der Waals surface area contributed by atoms with Gasteiger partial charge < -0.3 is 10.2 Å². The van der Waals surface area contributed by atoms with Crippen LogP contribution in [0.25, 0.3) is 11.5 Å². The van der Waals surface area contributed by atoms with Crippen LogP contribution in [0.2, 0.25) is 0 Å². The number of anilines is 1. The van der Waals surface area contributed by atoms with Crippen molar-refractivity contribution >= 4 is 11.5 Å². The fourth-order valence-corrected chi connectivity index (χ4v) is 6.00. The van der Waals surface area contributed by atoms with Gasteiger partial charge in [0.05, 0.1) is 17.8 Å². The minimum Gasteiger partial charge on any atom is -0.366 e. The third-order valence-electron chi connectivity index (χ3n) is 8.28. The molecule has 0 radical (unpaired) electrons. The van der Waals surface area contributed by atoms with Gasteiger partial charge in [0.2, 0.25) is 0 Å². The molecule has 11 heteroatoms. The molecule has 0 spiro atoms. The Hall–Kier alpha value is -3.47. The number of pyridine rings is 1. The van der Waals surface area contributed by atoms with E-state index in [1.54, 1.807) is 10.7 Å². The van der Waals surface area contributed by atoms with Crippen LogP contribution < -0.4 is 5.32 Å². The lowest BCUT2D eigenvalue weighted by atomic mass is 9.83. The van der Waals surface area contributed by atoms with Crippen LogP contribution in [0.15, 0.2) is 49.1 Å². The van der Waals surface area contributed by atoms with Crippen LogP contribution in [-0.4, -0.2) is 59.6 Å². The maximum absolute atomic E-state index is 13.1. The van der Waals surface area contributed by atoms with Crippen molar-refractivity contribution in [2.45, 2.75) is 70.1 Å². The number of rotatable bonds is 6. The summed E-state index contributed by atoms with van der Waals surface area (Å²) in [5.41, 5.74) is 3.88. The van der Waals surface area contributed by atoms with E-state index in [1.165, 1.54) is 0 Å². The summed E-state index contributed by atoms with van der Waals surface area (Å²) in [6, 6.07) is 8.20. The van der Waals surface area contributed by atoms with Crippen molar-refractivity contribution in [3.8, 4) is 5.82 Å². The first-order valence-electron chi connectivity index (χ1n) is 13.7. The minimum atomic E-state index is -4.06. The van der Waals surface area contributed by atoms with Crippen molar-refractivity contribution in [1.29, 1.82) is 0 Å². The fraction of sp³-hybridized carbons (Fsp3) is 0.500. The predicted octanol–water partition coefficient (Wildman–Crippen LogP) is 5.53. The number of likely N-dealkylation sites (tertiary alicyclic amines) is 1. The predicted molar refractivity (Wildman–Crippen MR) is 142 cm³/mol. The normalized spacial score (nSPS) is 21.4. The number of hydrogen-bond donors (Lipinski definition) is 1. The minimum absolute atomic E-state index is 0.249. The Morgan fingerprint density at radius 2 is 1.79 bits per heavy atom. The maximum Gasteiger partial charge on any atom is 0.391 e. The van der Waals surface area contributed by atoms with Gasteiger partial charge in [-0.25, -0.2) is 14.5 Å². The van der Waals surface area contributed by atoms with Crippen molar-refractivity contribution in [2.24, 2.45) is 5.92 Å². The second kappa shape index (κ2) is 10.6. The molecule has 2 fully saturated rings. The maximum atomic E-state index is 13.1. The number of piperidine rings is 1. The smallest absolute Gasteiger partial charge is 0.366 e. The van der Waals surface area contributed by atoms with Gasteiger partial charge in [0.25, 0.3) is 0 Å². The monoisotopic (exact) mass is 538 g/mol. The summed E-state index contributed by atoms with van der Waals surface area (Å²) in [5.74, 6) is 0.752. The van der Waals surface area contributed by atoms with Crippen molar-refractivity contribution in [1.82, 2.24) is 34.3 Å². The van der Waals surface area contributed by atoms with Crippen LogP contribution in [-0.2, 0) is 6.54 Å². The van der Waals surface area contributed by atoms with Crippen molar-refractivity contribution in [3.05, 3.63) is 65.9 Å². The Labute approximate surface area is 225 Å². The van der Waals surface area contributed by atoms with Gasteiger partial charge in [0, 0.05) is 48.7 Å². The molecular formula is C28H33F3N8. The van der Waals surface area contributed by atoms with Crippen LogP contribution in [0.3, 0.4) is 0 Å². The number of halogens is 3. The molecule has 1 saturated carbocycles. The summed E-state index contributed by atoms with van der Waals surface area (Å²) in [7, 11) is 0. The van der Waals surface area contributed by atoms with Gasteiger partial charge in [-0.3, -0.25) is 0 Å². The van der Waals surface area contributed by atoms with Crippen molar-refractivity contribution < 1.29 is 13.2 Å². The van der Waals surface area contributed by atoms with E-state index in [-0.39, 0.29) is 18.9 Å². The second-order valence-electron chi connectivity index (χ2n) is 10.8. The molecule has 1 N–H and O–H groups in total. The van der Waals surface area contributed by atoms with Crippen LogP contribution in [0, 0.1) is 12.8 Å². The average molecular weight is 539 g/mol. The number of fused-ring (bicyclic) bond motifs is 1. The number of aromatic nitrogens is 6. The van der Waals surface area contributed by atoms with E-state index in [0.717, 1.165) is 60.0 Å². The number of aryl methyl sites for hydroxylation is 1. The first-order valence-corrected chi connectivity index (χ1v) is 13.7. The number of nitrogens with one attached hydrogen (secondary N) is 1. The fourth-order valence-electron chi connectivity index (χ4n) is 6.00. The van der Waals surface area contributed by atoms with Gasteiger partial charge in [-0.2, -0.15) is 28.1 Å². The molecule has 0 unspecified atom stereocenters. The van der Waals surface area contributed by atoms with Crippen LogP contribution in [0.1, 0.15) is 61.3 Å². The average Bonchev–Trinajstić information content (AvgIpc) is 3.56. The Morgan fingerprint density at radius 3 is 2.51 bits per heavy atom. The Kier molecular flexibility index (Phi) is 7.01. The molecular weight excluding hydrogens is 505 g/mol. The largest absolute Gasteiger partial charge is 0.391 e. The molecule has 2 aliphatic rings. The molecule has 4 aromatic rings. The third kappa shape index (κ3) is 5.50. The Balaban J connectivity index is 1.15. The molecule has 39 heavy (non-hydrogen) atoms. The summed E-state index contributed by atoms with van der Waals surface area (Å²) in [4.78, 5) is 11.5. The van der Waals surface area contributed by atoms with Gasteiger partial charge in [0.15, 0.2) is 11.5 Å². The van der Waals surface area contributed by atoms with E-state index in [0.29, 0.717) is 25.3 Å². The van der Waals surface area contributed by atoms with Gasteiger partial charge in [-0.15, -0.1) is 0 Å². The number of alkyl halides is 3. The van der Waals surface area contributed by atoms with E-state index < -0.39 is 12.1 Å². The molecule has 0 atom stereocenters. The second-order valence-corrected chi connectivity index (χ2v) is 10.8. The molecule has 206 valence electrons. The molecule has 5 heterocycles. The number of nitrogens with zero attached hydrogens (tertiary/aromatic N) is 7. The summed E-state index contributed by atoms with van der Waals surface area (Å²) < 4.78 is 42.9. The van der Waals surface area contributed by atoms with Crippen LogP contribution >= 0.6 is 0 Å². The van der Waals surface area contributed by atoms with E-state index in [1.807, 2.05) is 48.4 Å². The number of hydrogen-bond acceptors (Lipinski definition) is 6. The molecule has 8 nitrogen and oxygen atoms in total. The molecule has 0 aromatic carbocycles. The third-order valence-corrected chi connectivity index (χ3v) is 8.28. The Bertz CT molecular complexity index is 1390. The first kappa shape index (κ1) is 25.8. The standard InChI is InChI=1S/C28H33F3N8/c1-19-3-8-25(33-16-19)39-26(34-17-21-18-35-38-12-2-11-32-27(21)38)15-24(36-39)20-9-13-37(14-10-20)23-6-4-22(5-7-23)28(29,30)31/h2-3,8,11-12,15-16,18,20,22-23,34H,4-7,9-10,13-14,17H2,1H3. The molecule has 1 aliphatic carbocycles. The van der Waals surface area contributed by atoms with E-state index in [9.17, 15) is 13.2 Å².